The summed E-state index contributed by atoms with van der Waals surface area (Å²) in [5, 5.41) is 9.73. The molecular weight excluding hydrogens is 241 g/mol. The number of anilines is 1. The number of hydrogen-bond acceptors (Lipinski definition) is 3. The van der Waals surface area contributed by atoms with Crippen molar-refractivity contribution in [2.75, 3.05) is 12.2 Å². The molecule has 1 rings (SSSR count). The van der Waals surface area contributed by atoms with E-state index in [1.165, 1.54) is 31.4 Å². The molecule has 2 N–H and O–H groups in total. The first-order valence-corrected chi connectivity index (χ1v) is 4.35. The Labute approximate surface area is 94.4 Å². The van der Waals surface area contributed by atoms with E-state index in [0.29, 0.717) is 11.1 Å². The molecule has 0 saturated carbocycles. The van der Waals surface area contributed by atoms with Crippen molar-refractivity contribution in [2.45, 2.75) is 6.30 Å². The van der Waals surface area contributed by atoms with Crippen LogP contribution in [0.15, 0.2) is 24.3 Å². The predicted molar refractivity (Wildman–Crippen MR) is 51.8 cm³/mol. The van der Waals surface area contributed by atoms with Crippen LogP contribution in [0.2, 0.25) is 0 Å². The first-order chi connectivity index (χ1) is 7.83. The molecule has 0 aromatic heterocycles. The SMILES string of the molecule is COc1cccc(N(O)C(=O)NC(F)(F)F)c1. The number of urea groups is 1. The first-order valence-electron chi connectivity index (χ1n) is 4.35. The van der Waals surface area contributed by atoms with Crippen molar-refractivity contribution in [3.8, 4) is 5.75 Å². The average Bonchev–Trinajstić information content (AvgIpc) is 2.26. The van der Waals surface area contributed by atoms with Crippen LogP contribution in [0, 0.1) is 0 Å². The lowest BCUT2D eigenvalue weighted by Gasteiger charge is -2.17. The number of benzene rings is 1. The van der Waals surface area contributed by atoms with Gasteiger partial charge < -0.3 is 4.74 Å². The molecule has 0 saturated heterocycles. The van der Waals surface area contributed by atoms with E-state index in [0.717, 1.165) is 0 Å². The fourth-order valence-electron chi connectivity index (χ4n) is 1.03. The van der Waals surface area contributed by atoms with Crippen LogP contribution in [-0.4, -0.2) is 24.6 Å². The lowest BCUT2D eigenvalue weighted by Crippen LogP contribution is -2.45. The van der Waals surface area contributed by atoms with E-state index in [1.807, 2.05) is 0 Å². The van der Waals surface area contributed by atoms with Crippen LogP contribution in [0.25, 0.3) is 0 Å². The summed E-state index contributed by atoms with van der Waals surface area (Å²) in [5.41, 5.74) is -0.147. The van der Waals surface area contributed by atoms with Gasteiger partial charge in [0.2, 0.25) is 0 Å². The zero-order valence-corrected chi connectivity index (χ0v) is 8.65. The van der Waals surface area contributed by atoms with Gasteiger partial charge in [-0.15, -0.1) is 0 Å². The van der Waals surface area contributed by atoms with Gasteiger partial charge >= 0.3 is 12.3 Å². The number of alkyl halides is 3. The predicted octanol–water partition coefficient (Wildman–Crippen LogP) is 2.12. The van der Waals surface area contributed by atoms with Gasteiger partial charge in [0, 0.05) is 6.07 Å². The van der Waals surface area contributed by atoms with Crippen LogP contribution in [0.4, 0.5) is 23.7 Å². The number of nitrogens with one attached hydrogen (secondary N) is 1. The maximum absolute atomic E-state index is 11.8. The largest absolute Gasteiger partial charge is 0.497 e. The second-order valence-corrected chi connectivity index (χ2v) is 2.94. The lowest BCUT2D eigenvalue weighted by molar-refractivity contribution is -0.146. The molecule has 0 aliphatic heterocycles. The molecule has 0 aliphatic carbocycles. The molecule has 0 radical (unpaired) electrons. The van der Waals surface area contributed by atoms with Crippen LogP contribution < -0.4 is 15.1 Å². The molecule has 0 unspecified atom stereocenters. The molecule has 0 heterocycles. The second-order valence-electron chi connectivity index (χ2n) is 2.94. The Bertz CT molecular complexity index is 409. The summed E-state index contributed by atoms with van der Waals surface area (Å²) < 4.78 is 40.3. The molecule has 0 spiro atoms. The molecule has 0 aliphatic rings. The summed E-state index contributed by atoms with van der Waals surface area (Å²) in [6.07, 6.45) is -4.91. The minimum Gasteiger partial charge on any atom is -0.497 e. The van der Waals surface area contributed by atoms with Crippen LogP contribution in [0.1, 0.15) is 0 Å². The molecule has 1 aromatic rings. The van der Waals surface area contributed by atoms with E-state index in [2.05, 4.69) is 0 Å². The van der Waals surface area contributed by atoms with Crippen molar-refractivity contribution >= 4 is 11.7 Å². The zero-order valence-electron chi connectivity index (χ0n) is 8.65. The number of halogens is 3. The van der Waals surface area contributed by atoms with E-state index in [4.69, 9.17) is 4.74 Å². The second kappa shape index (κ2) is 4.91. The topological polar surface area (TPSA) is 61.8 Å². The van der Waals surface area contributed by atoms with Gasteiger partial charge in [-0.05, 0) is 12.1 Å². The van der Waals surface area contributed by atoms with Crippen molar-refractivity contribution < 1.29 is 27.9 Å². The summed E-state index contributed by atoms with van der Waals surface area (Å²) in [4.78, 5) is 11.0. The Kier molecular flexibility index (Phi) is 3.79. The Morgan fingerprint density at radius 3 is 2.65 bits per heavy atom. The van der Waals surface area contributed by atoms with Gasteiger partial charge in [0.05, 0.1) is 12.8 Å². The fraction of sp³-hybridized carbons (Fsp3) is 0.222. The summed E-state index contributed by atoms with van der Waals surface area (Å²) >= 11 is 0. The van der Waals surface area contributed by atoms with Gasteiger partial charge in [0.25, 0.3) is 0 Å². The van der Waals surface area contributed by atoms with Crippen molar-refractivity contribution in [3.05, 3.63) is 24.3 Å². The molecule has 0 bridgehead atoms. The highest BCUT2D eigenvalue weighted by molar-refractivity contribution is 5.89. The number of amides is 2. The highest BCUT2D eigenvalue weighted by Gasteiger charge is 2.32. The molecule has 17 heavy (non-hydrogen) atoms. The van der Waals surface area contributed by atoms with Crippen molar-refractivity contribution in [2.24, 2.45) is 0 Å². The molecule has 5 nitrogen and oxygen atoms in total. The van der Waals surface area contributed by atoms with E-state index < -0.39 is 12.3 Å². The highest BCUT2D eigenvalue weighted by atomic mass is 19.4. The summed E-state index contributed by atoms with van der Waals surface area (Å²) in [5.74, 6) is 0.293. The quantitative estimate of drug-likeness (QED) is 0.480. The number of rotatable bonds is 2. The Morgan fingerprint density at radius 1 is 1.47 bits per heavy atom. The summed E-state index contributed by atoms with van der Waals surface area (Å²) in [6, 6.07) is 3.68. The number of nitrogens with zero attached hydrogens (tertiary/aromatic N) is 1. The highest BCUT2D eigenvalue weighted by Crippen LogP contribution is 2.20. The summed E-state index contributed by atoms with van der Waals surface area (Å²) in [6.45, 7) is 0. The van der Waals surface area contributed by atoms with E-state index in [9.17, 15) is 23.2 Å². The van der Waals surface area contributed by atoms with Crippen LogP contribution >= 0.6 is 0 Å². The standard InChI is InChI=1S/C9H9F3N2O3/c1-17-7-4-2-3-6(5-7)14(16)8(15)13-9(10,11)12/h2-5,16H,1H3,(H,13,15). The Balaban J connectivity index is 2.81. The number of carbonyl (C=O) groups excluding carboxylic acids is 1. The number of hydrogen-bond donors (Lipinski definition) is 2. The van der Waals surface area contributed by atoms with Gasteiger partial charge in [-0.1, -0.05) is 6.07 Å². The van der Waals surface area contributed by atoms with Gasteiger partial charge in [0.1, 0.15) is 5.75 Å². The minimum atomic E-state index is -4.91. The maximum atomic E-state index is 11.8. The van der Waals surface area contributed by atoms with E-state index in [-0.39, 0.29) is 10.8 Å². The molecule has 0 atom stereocenters. The van der Waals surface area contributed by atoms with Gasteiger partial charge in [-0.3, -0.25) is 5.21 Å². The maximum Gasteiger partial charge on any atom is 0.486 e. The third-order valence-electron chi connectivity index (χ3n) is 1.74. The molecule has 0 fully saturated rings. The van der Waals surface area contributed by atoms with Gasteiger partial charge in [-0.25, -0.2) is 10.1 Å². The van der Waals surface area contributed by atoms with Crippen molar-refractivity contribution in [3.63, 3.8) is 0 Å². The smallest absolute Gasteiger partial charge is 0.486 e. The van der Waals surface area contributed by atoms with Gasteiger partial charge in [0.15, 0.2) is 0 Å². The number of ether oxygens (including phenoxy) is 1. The third-order valence-corrected chi connectivity index (χ3v) is 1.74. The zero-order chi connectivity index (χ0) is 13.1. The third kappa shape index (κ3) is 3.83. The molecular formula is C9H9F3N2O3. The normalized spacial score (nSPS) is 10.9. The lowest BCUT2D eigenvalue weighted by atomic mass is 10.3. The molecule has 8 heteroatoms. The van der Waals surface area contributed by atoms with Crippen LogP contribution in [0.5, 0.6) is 5.75 Å². The van der Waals surface area contributed by atoms with E-state index >= 15 is 0 Å². The Hall–Kier alpha value is -1.96. The number of hydroxylamine groups is 1. The molecule has 2 amide bonds. The van der Waals surface area contributed by atoms with E-state index in [1.54, 1.807) is 0 Å². The minimum absolute atomic E-state index is 0.147. The summed E-state index contributed by atoms with van der Waals surface area (Å²) in [7, 11) is 1.34. The first kappa shape index (κ1) is 13.1. The fourth-order valence-corrected chi connectivity index (χ4v) is 1.03. The molecule has 94 valence electrons. The van der Waals surface area contributed by atoms with Crippen LogP contribution in [-0.2, 0) is 0 Å². The van der Waals surface area contributed by atoms with Crippen molar-refractivity contribution in [1.82, 2.24) is 5.32 Å². The molecule has 1 aromatic carbocycles. The monoisotopic (exact) mass is 250 g/mol. The Morgan fingerprint density at radius 2 is 2.12 bits per heavy atom. The average molecular weight is 250 g/mol. The number of carbonyl (C=O) groups is 1. The number of methoxy groups -OCH3 is 1. The van der Waals surface area contributed by atoms with Crippen LogP contribution in [0.3, 0.4) is 0 Å². The van der Waals surface area contributed by atoms with Gasteiger partial charge in [-0.2, -0.15) is 18.2 Å². The van der Waals surface area contributed by atoms with Crippen molar-refractivity contribution in [1.29, 1.82) is 0 Å².